The van der Waals surface area contributed by atoms with E-state index in [-0.39, 0.29) is 6.04 Å². The monoisotopic (exact) mass is 304 g/mol. The van der Waals surface area contributed by atoms with Gasteiger partial charge in [0, 0.05) is 19.5 Å². The van der Waals surface area contributed by atoms with Gasteiger partial charge >= 0.3 is 6.18 Å². The smallest absolute Gasteiger partial charge is 0.338 e. The van der Waals surface area contributed by atoms with Gasteiger partial charge in [0.25, 0.3) is 0 Å². The third-order valence-electron chi connectivity index (χ3n) is 3.83. The first-order valence-corrected chi connectivity index (χ1v) is 6.75. The molecule has 0 unspecified atom stereocenters. The fourth-order valence-corrected chi connectivity index (χ4v) is 2.29. The average Bonchev–Trinajstić information content (AvgIpc) is 2.53. The molecule has 0 aromatic carbocycles. The van der Waals surface area contributed by atoms with E-state index >= 15 is 0 Å². The van der Waals surface area contributed by atoms with Crippen molar-refractivity contribution in [1.82, 2.24) is 19.7 Å². The number of aromatic nitrogens is 3. The summed E-state index contributed by atoms with van der Waals surface area (Å²) in [5, 5.41) is 4.23. The standard InChI is InChI=1S/C13H19F3N4O/c1-8-17-9(2)20(18-8)10-6-19(7-10)11(21)5-12(3,4)13(14,15)16/h10H,5-7H2,1-4H3. The summed E-state index contributed by atoms with van der Waals surface area (Å²) < 4.78 is 40.1. The van der Waals surface area contributed by atoms with E-state index in [0.29, 0.717) is 18.9 Å². The second kappa shape index (κ2) is 4.99. The molecular weight excluding hydrogens is 285 g/mol. The Morgan fingerprint density at radius 2 is 1.86 bits per heavy atom. The Labute approximate surface area is 121 Å². The van der Waals surface area contributed by atoms with Crippen LogP contribution in [0.1, 0.15) is 38.0 Å². The van der Waals surface area contributed by atoms with Gasteiger partial charge in [-0.05, 0) is 13.8 Å². The maximum absolute atomic E-state index is 12.8. The Morgan fingerprint density at radius 3 is 2.29 bits per heavy atom. The number of carbonyl (C=O) groups is 1. The summed E-state index contributed by atoms with van der Waals surface area (Å²) in [4.78, 5) is 17.5. The molecule has 1 amide bonds. The van der Waals surface area contributed by atoms with Crippen molar-refractivity contribution in [1.29, 1.82) is 0 Å². The molecule has 0 saturated carbocycles. The van der Waals surface area contributed by atoms with Gasteiger partial charge in [0.2, 0.25) is 5.91 Å². The van der Waals surface area contributed by atoms with Crippen LogP contribution in [0.4, 0.5) is 13.2 Å². The summed E-state index contributed by atoms with van der Waals surface area (Å²) in [6, 6.07) is 0.00384. The van der Waals surface area contributed by atoms with Crippen molar-refractivity contribution in [3.63, 3.8) is 0 Å². The van der Waals surface area contributed by atoms with Crippen LogP contribution in [0, 0.1) is 19.3 Å². The Kier molecular flexibility index (Phi) is 3.75. The first-order chi connectivity index (χ1) is 9.51. The number of nitrogens with zero attached hydrogens (tertiary/aromatic N) is 4. The first kappa shape index (κ1) is 15.8. The van der Waals surface area contributed by atoms with Crippen molar-refractivity contribution in [3.8, 4) is 0 Å². The lowest BCUT2D eigenvalue weighted by Crippen LogP contribution is -2.52. The molecule has 1 aliphatic heterocycles. The van der Waals surface area contributed by atoms with E-state index in [1.807, 2.05) is 6.92 Å². The number of amides is 1. The van der Waals surface area contributed by atoms with E-state index in [0.717, 1.165) is 19.7 Å². The lowest BCUT2D eigenvalue weighted by atomic mass is 9.87. The molecule has 0 aliphatic carbocycles. The minimum atomic E-state index is -4.38. The van der Waals surface area contributed by atoms with Gasteiger partial charge in [0.15, 0.2) is 0 Å². The molecular formula is C13H19F3N4O. The molecule has 2 heterocycles. The predicted octanol–water partition coefficient (Wildman–Crippen LogP) is 2.26. The van der Waals surface area contributed by atoms with Crippen LogP contribution in [-0.4, -0.2) is 44.8 Å². The molecule has 8 heteroatoms. The van der Waals surface area contributed by atoms with Gasteiger partial charge < -0.3 is 4.90 Å². The lowest BCUT2D eigenvalue weighted by Gasteiger charge is -2.41. The molecule has 118 valence electrons. The first-order valence-electron chi connectivity index (χ1n) is 6.75. The highest BCUT2D eigenvalue weighted by molar-refractivity contribution is 5.77. The molecule has 0 N–H and O–H groups in total. The van der Waals surface area contributed by atoms with Gasteiger partial charge in [-0.2, -0.15) is 18.3 Å². The zero-order valence-corrected chi connectivity index (χ0v) is 12.5. The number of halogens is 3. The minimum Gasteiger partial charge on any atom is -0.338 e. The van der Waals surface area contributed by atoms with Crippen molar-refractivity contribution in [2.45, 2.75) is 46.3 Å². The molecule has 0 radical (unpaired) electrons. The van der Waals surface area contributed by atoms with Crippen LogP contribution >= 0.6 is 0 Å². The predicted molar refractivity (Wildman–Crippen MR) is 69.6 cm³/mol. The Balaban J connectivity index is 1.93. The molecule has 1 saturated heterocycles. The third-order valence-corrected chi connectivity index (χ3v) is 3.83. The average molecular weight is 304 g/mol. The summed E-state index contributed by atoms with van der Waals surface area (Å²) >= 11 is 0. The Hall–Kier alpha value is -1.60. The second-order valence-corrected chi connectivity index (χ2v) is 6.16. The molecule has 0 spiro atoms. The minimum absolute atomic E-state index is 0.00384. The van der Waals surface area contributed by atoms with E-state index in [4.69, 9.17) is 0 Å². The van der Waals surface area contributed by atoms with Gasteiger partial charge in [-0.15, -0.1) is 0 Å². The molecule has 0 atom stereocenters. The summed E-state index contributed by atoms with van der Waals surface area (Å²) in [5.74, 6) is 0.929. The molecule has 5 nitrogen and oxygen atoms in total. The number of alkyl halides is 3. The van der Waals surface area contributed by atoms with Crippen LogP contribution in [0.3, 0.4) is 0 Å². The van der Waals surface area contributed by atoms with Crippen molar-refractivity contribution in [2.24, 2.45) is 5.41 Å². The van der Waals surface area contributed by atoms with Gasteiger partial charge in [0.05, 0.1) is 11.5 Å². The number of carbonyl (C=O) groups excluding carboxylic acids is 1. The topological polar surface area (TPSA) is 51.0 Å². The summed E-state index contributed by atoms with van der Waals surface area (Å²) in [7, 11) is 0. The van der Waals surface area contributed by atoms with Crippen LogP contribution in [0.5, 0.6) is 0 Å². The number of rotatable bonds is 3. The number of aryl methyl sites for hydroxylation is 2. The largest absolute Gasteiger partial charge is 0.394 e. The van der Waals surface area contributed by atoms with Gasteiger partial charge in [0.1, 0.15) is 11.6 Å². The summed E-state index contributed by atoms with van der Waals surface area (Å²) in [5.41, 5.74) is -2.01. The van der Waals surface area contributed by atoms with E-state index in [2.05, 4.69) is 10.1 Å². The molecule has 1 aliphatic rings. The fourth-order valence-electron chi connectivity index (χ4n) is 2.29. The van der Waals surface area contributed by atoms with E-state index in [1.54, 1.807) is 11.6 Å². The maximum Gasteiger partial charge on any atom is 0.394 e. The van der Waals surface area contributed by atoms with Crippen LogP contribution < -0.4 is 0 Å². The number of likely N-dealkylation sites (tertiary alicyclic amines) is 1. The van der Waals surface area contributed by atoms with E-state index in [1.165, 1.54) is 4.90 Å². The normalized spacial score (nSPS) is 17.0. The SMILES string of the molecule is Cc1nc(C)n(C2CN(C(=O)CC(C)(C)C(F)(F)F)C2)n1. The molecule has 0 bridgehead atoms. The highest BCUT2D eigenvalue weighted by Crippen LogP contribution is 2.41. The van der Waals surface area contributed by atoms with Crippen LogP contribution in [0.15, 0.2) is 0 Å². The molecule has 1 fully saturated rings. The summed E-state index contributed by atoms with van der Waals surface area (Å²) in [6.07, 6.45) is -4.91. The quantitative estimate of drug-likeness (QED) is 0.860. The van der Waals surface area contributed by atoms with Crippen molar-refractivity contribution in [3.05, 3.63) is 11.6 Å². The Bertz CT molecular complexity index is 544. The van der Waals surface area contributed by atoms with Crippen LogP contribution in [0.25, 0.3) is 0 Å². The lowest BCUT2D eigenvalue weighted by molar-refractivity contribution is -0.216. The zero-order chi connectivity index (χ0) is 16.0. The second-order valence-electron chi connectivity index (χ2n) is 6.16. The highest BCUT2D eigenvalue weighted by Gasteiger charge is 2.49. The van der Waals surface area contributed by atoms with Gasteiger partial charge in [-0.3, -0.25) is 4.79 Å². The maximum atomic E-state index is 12.8. The summed E-state index contributed by atoms with van der Waals surface area (Å²) in [6.45, 7) is 6.46. The molecule has 2 rings (SSSR count). The van der Waals surface area contributed by atoms with E-state index in [9.17, 15) is 18.0 Å². The van der Waals surface area contributed by atoms with Gasteiger partial charge in [-0.25, -0.2) is 9.67 Å². The highest BCUT2D eigenvalue weighted by atomic mass is 19.4. The van der Waals surface area contributed by atoms with Crippen molar-refractivity contribution in [2.75, 3.05) is 13.1 Å². The molecule has 21 heavy (non-hydrogen) atoms. The molecule has 1 aromatic rings. The number of hydrogen-bond acceptors (Lipinski definition) is 3. The zero-order valence-electron chi connectivity index (χ0n) is 12.5. The Morgan fingerprint density at radius 1 is 1.29 bits per heavy atom. The van der Waals surface area contributed by atoms with E-state index < -0.39 is 23.9 Å². The van der Waals surface area contributed by atoms with Crippen molar-refractivity contribution < 1.29 is 18.0 Å². The van der Waals surface area contributed by atoms with Crippen molar-refractivity contribution >= 4 is 5.91 Å². The molecule has 1 aromatic heterocycles. The van der Waals surface area contributed by atoms with Crippen LogP contribution in [0.2, 0.25) is 0 Å². The van der Waals surface area contributed by atoms with Crippen LogP contribution in [-0.2, 0) is 4.79 Å². The fraction of sp³-hybridized carbons (Fsp3) is 0.769. The third kappa shape index (κ3) is 3.03. The number of hydrogen-bond donors (Lipinski definition) is 0. The van der Waals surface area contributed by atoms with Gasteiger partial charge in [-0.1, -0.05) is 13.8 Å².